The minimum Gasteiger partial charge on any atom is -0.368 e. The number of nitriles is 1. The Balaban J connectivity index is 1.38. The fraction of sp³-hybridized carbons (Fsp3) is 0.385. The standard InChI is InChI=1S/C26H32N6/c1-5-20(3)32-21(4)31(19-28-32)25-11-9-24(10-12-25)29-13-15-30(16-14-29)26-8-7-22(6-2)23(17-26)18-27/h7-12,17,19-20H,4-6,13-16H2,1-3H3. The highest BCUT2D eigenvalue weighted by Crippen LogP contribution is 2.29. The lowest BCUT2D eigenvalue weighted by Gasteiger charge is -2.37. The molecule has 166 valence electrons. The van der Waals surface area contributed by atoms with Crippen LogP contribution >= 0.6 is 0 Å². The van der Waals surface area contributed by atoms with Crippen molar-refractivity contribution in [2.45, 2.75) is 39.7 Å². The van der Waals surface area contributed by atoms with Crippen LogP contribution in [0.1, 0.15) is 38.3 Å². The predicted molar refractivity (Wildman–Crippen MR) is 133 cm³/mol. The van der Waals surface area contributed by atoms with E-state index >= 15 is 0 Å². The summed E-state index contributed by atoms with van der Waals surface area (Å²) in [5, 5.41) is 15.9. The lowest BCUT2D eigenvalue weighted by molar-refractivity contribution is 0.286. The summed E-state index contributed by atoms with van der Waals surface area (Å²) in [5.74, 6) is 0.895. The van der Waals surface area contributed by atoms with Gasteiger partial charge in [-0.1, -0.05) is 26.5 Å². The number of nitrogens with zero attached hydrogens (tertiary/aromatic N) is 6. The van der Waals surface area contributed by atoms with Crippen LogP contribution in [0, 0.1) is 11.3 Å². The lowest BCUT2D eigenvalue weighted by Crippen LogP contribution is -2.46. The average Bonchev–Trinajstić information content (AvgIpc) is 3.24. The molecule has 6 heteroatoms. The highest BCUT2D eigenvalue weighted by atomic mass is 15.6. The van der Waals surface area contributed by atoms with Gasteiger partial charge in [-0.3, -0.25) is 4.90 Å². The van der Waals surface area contributed by atoms with Gasteiger partial charge in [-0.25, -0.2) is 5.01 Å². The third kappa shape index (κ3) is 4.16. The van der Waals surface area contributed by atoms with Crippen molar-refractivity contribution in [1.82, 2.24) is 5.01 Å². The topological polar surface area (TPSA) is 49.1 Å². The van der Waals surface area contributed by atoms with E-state index < -0.39 is 0 Å². The van der Waals surface area contributed by atoms with Gasteiger partial charge < -0.3 is 9.80 Å². The molecule has 0 amide bonds. The Morgan fingerprint density at radius 2 is 1.56 bits per heavy atom. The molecule has 0 bridgehead atoms. The fourth-order valence-corrected chi connectivity index (χ4v) is 4.33. The first kappa shape index (κ1) is 21.8. The lowest BCUT2D eigenvalue weighted by atomic mass is 10.0. The Bertz CT molecular complexity index is 1030. The number of aryl methyl sites for hydroxylation is 1. The number of hydrogen-bond donors (Lipinski definition) is 0. The van der Waals surface area contributed by atoms with Crippen molar-refractivity contribution in [1.29, 1.82) is 5.26 Å². The molecule has 0 spiro atoms. The number of piperazine rings is 1. The molecule has 6 nitrogen and oxygen atoms in total. The maximum atomic E-state index is 9.44. The van der Waals surface area contributed by atoms with Gasteiger partial charge in [0.2, 0.25) is 0 Å². The Labute approximate surface area is 191 Å². The third-order valence-electron chi connectivity index (χ3n) is 6.58. The molecular weight excluding hydrogens is 396 g/mol. The molecule has 1 fully saturated rings. The molecule has 1 saturated heterocycles. The molecular formula is C26H32N6. The molecule has 0 aromatic heterocycles. The Morgan fingerprint density at radius 3 is 2.16 bits per heavy atom. The zero-order valence-corrected chi connectivity index (χ0v) is 19.3. The van der Waals surface area contributed by atoms with Crippen LogP contribution in [0.2, 0.25) is 0 Å². The molecule has 0 radical (unpaired) electrons. The van der Waals surface area contributed by atoms with Crippen LogP contribution in [0.25, 0.3) is 0 Å². The largest absolute Gasteiger partial charge is 0.368 e. The first-order valence-electron chi connectivity index (χ1n) is 11.5. The number of hydrazone groups is 1. The maximum Gasteiger partial charge on any atom is 0.128 e. The zero-order chi connectivity index (χ0) is 22.7. The smallest absolute Gasteiger partial charge is 0.128 e. The van der Waals surface area contributed by atoms with E-state index in [-0.39, 0.29) is 0 Å². The molecule has 1 atom stereocenters. The first-order valence-corrected chi connectivity index (χ1v) is 11.5. The molecule has 2 aromatic carbocycles. The van der Waals surface area contributed by atoms with Crippen molar-refractivity contribution in [2.24, 2.45) is 5.10 Å². The summed E-state index contributed by atoms with van der Waals surface area (Å²) < 4.78 is 0. The highest BCUT2D eigenvalue weighted by molar-refractivity contribution is 5.85. The molecule has 2 aliphatic heterocycles. The molecule has 2 aromatic rings. The quantitative estimate of drug-likeness (QED) is 0.663. The number of rotatable bonds is 6. The van der Waals surface area contributed by atoms with Gasteiger partial charge in [-0.05, 0) is 61.7 Å². The van der Waals surface area contributed by atoms with Crippen LogP contribution in [-0.2, 0) is 6.42 Å². The van der Waals surface area contributed by atoms with Gasteiger partial charge in [0, 0.05) is 43.2 Å². The van der Waals surface area contributed by atoms with Crippen molar-refractivity contribution in [3.8, 4) is 6.07 Å². The van der Waals surface area contributed by atoms with Crippen LogP contribution in [0.5, 0.6) is 0 Å². The first-order chi connectivity index (χ1) is 15.5. The van der Waals surface area contributed by atoms with E-state index in [1.807, 2.05) is 22.3 Å². The summed E-state index contributed by atoms with van der Waals surface area (Å²) in [6, 6.07) is 17.6. The zero-order valence-electron chi connectivity index (χ0n) is 19.3. The molecule has 2 heterocycles. The Hall–Kier alpha value is -3.46. The second-order valence-electron chi connectivity index (χ2n) is 8.42. The van der Waals surface area contributed by atoms with Gasteiger partial charge in [0.1, 0.15) is 12.2 Å². The van der Waals surface area contributed by atoms with Crippen molar-refractivity contribution in [3.63, 3.8) is 0 Å². The van der Waals surface area contributed by atoms with E-state index in [2.05, 4.69) is 84.7 Å². The molecule has 32 heavy (non-hydrogen) atoms. The summed E-state index contributed by atoms with van der Waals surface area (Å²) in [7, 11) is 0. The number of benzene rings is 2. The van der Waals surface area contributed by atoms with Crippen molar-refractivity contribution < 1.29 is 0 Å². The van der Waals surface area contributed by atoms with E-state index in [4.69, 9.17) is 0 Å². The fourth-order valence-electron chi connectivity index (χ4n) is 4.33. The summed E-state index contributed by atoms with van der Waals surface area (Å²) in [5.41, 5.74) is 5.36. The summed E-state index contributed by atoms with van der Waals surface area (Å²) in [6.07, 6.45) is 3.76. The van der Waals surface area contributed by atoms with Gasteiger partial charge in [-0.15, -0.1) is 0 Å². The van der Waals surface area contributed by atoms with Crippen LogP contribution in [0.3, 0.4) is 0 Å². The SMILES string of the molecule is C=C1N(c2ccc(N3CCN(c4ccc(CC)c(C#N)c4)CC3)cc2)C=NN1C(C)CC. The summed E-state index contributed by atoms with van der Waals surface area (Å²) >= 11 is 0. The van der Waals surface area contributed by atoms with Crippen molar-refractivity contribution in [2.75, 3.05) is 40.9 Å². The molecule has 0 aliphatic carbocycles. The monoisotopic (exact) mass is 428 g/mol. The molecule has 0 N–H and O–H groups in total. The van der Waals surface area contributed by atoms with E-state index in [0.717, 1.165) is 67.3 Å². The van der Waals surface area contributed by atoms with Crippen LogP contribution in [-0.4, -0.2) is 43.6 Å². The average molecular weight is 429 g/mol. The van der Waals surface area contributed by atoms with Gasteiger partial charge in [0.15, 0.2) is 0 Å². The summed E-state index contributed by atoms with van der Waals surface area (Å²) in [6.45, 7) is 14.4. The highest BCUT2D eigenvalue weighted by Gasteiger charge is 2.24. The molecule has 2 aliphatic rings. The van der Waals surface area contributed by atoms with Crippen molar-refractivity contribution >= 4 is 23.4 Å². The normalized spacial score (nSPS) is 17.1. The van der Waals surface area contributed by atoms with Crippen LogP contribution in [0.4, 0.5) is 17.1 Å². The van der Waals surface area contributed by atoms with Crippen LogP contribution < -0.4 is 14.7 Å². The Morgan fingerprint density at radius 1 is 0.969 bits per heavy atom. The molecule has 0 saturated carbocycles. The van der Waals surface area contributed by atoms with E-state index in [1.54, 1.807) is 0 Å². The van der Waals surface area contributed by atoms with Crippen LogP contribution in [0.15, 0.2) is 60.0 Å². The maximum absolute atomic E-state index is 9.44. The number of hydrogen-bond acceptors (Lipinski definition) is 6. The second kappa shape index (κ2) is 9.35. The van der Waals surface area contributed by atoms with Gasteiger partial charge in [0.25, 0.3) is 0 Å². The second-order valence-corrected chi connectivity index (χ2v) is 8.42. The third-order valence-corrected chi connectivity index (χ3v) is 6.58. The minimum atomic E-state index is 0.335. The van der Waals surface area contributed by atoms with Gasteiger partial charge in [0.05, 0.1) is 17.7 Å². The summed E-state index contributed by atoms with van der Waals surface area (Å²) in [4.78, 5) is 6.84. The van der Waals surface area contributed by atoms with Crippen molar-refractivity contribution in [3.05, 3.63) is 66.0 Å². The molecule has 1 unspecified atom stereocenters. The van der Waals surface area contributed by atoms with E-state index in [1.165, 1.54) is 5.69 Å². The minimum absolute atomic E-state index is 0.335. The van der Waals surface area contributed by atoms with E-state index in [0.29, 0.717) is 6.04 Å². The molecule has 4 rings (SSSR count). The predicted octanol–water partition coefficient (Wildman–Crippen LogP) is 4.78. The van der Waals surface area contributed by atoms with E-state index in [9.17, 15) is 5.26 Å². The number of anilines is 3. The van der Waals surface area contributed by atoms with Gasteiger partial charge >= 0.3 is 0 Å². The van der Waals surface area contributed by atoms with Gasteiger partial charge in [-0.2, -0.15) is 10.4 Å². The Kier molecular flexibility index (Phi) is 6.36.